The molecule has 0 radical (unpaired) electrons. The maximum atomic E-state index is 14.0. The van der Waals surface area contributed by atoms with Crippen molar-refractivity contribution in [2.24, 2.45) is 4.99 Å². The van der Waals surface area contributed by atoms with Crippen molar-refractivity contribution in [2.45, 2.75) is 4.90 Å². The van der Waals surface area contributed by atoms with Gasteiger partial charge in [0.25, 0.3) is 0 Å². The first-order chi connectivity index (χ1) is 12.6. The summed E-state index contributed by atoms with van der Waals surface area (Å²) in [6.45, 7) is 0. The summed E-state index contributed by atoms with van der Waals surface area (Å²) in [7, 11) is 0. The molecule has 0 aliphatic heterocycles. The van der Waals surface area contributed by atoms with Crippen LogP contribution < -0.4 is 0 Å². The van der Waals surface area contributed by atoms with Crippen LogP contribution in [-0.4, -0.2) is 5.71 Å². The summed E-state index contributed by atoms with van der Waals surface area (Å²) >= 11 is 7.37. The van der Waals surface area contributed by atoms with Crippen LogP contribution >= 0.6 is 23.4 Å². The molecular weight excluding hydrogens is 372 g/mol. The van der Waals surface area contributed by atoms with Gasteiger partial charge in [0.2, 0.25) is 0 Å². The van der Waals surface area contributed by atoms with E-state index in [1.807, 2.05) is 17.5 Å². The smallest absolute Gasteiger partial charge is 0.148 e. The third-order valence-electron chi connectivity index (χ3n) is 3.48. The van der Waals surface area contributed by atoms with E-state index >= 15 is 0 Å². The van der Waals surface area contributed by atoms with Gasteiger partial charge in [0.1, 0.15) is 11.6 Å². The summed E-state index contributed by atoms with van der Waals surface area (Å²) in [5.74, 6) is -0.667. The Morgan fingerprint density at radius 2 is 1.58 bits per heavy atom. The van der Waals surface area contributed by atoms with Crippen molar-refractivity contribution in [1.82, 2.24) is 0 Å². The summed E-state index contributed by atoms with van der Waals surface area (Å²) in [5, 5.41) is 2.45. The van der Waals surface area contributed by atoms with Gasteiger partial charge in [0, 0.05) is 15.5 Å². The number of para-hydroxylation sites is 1. The number of allylic oxidation sites excluding steroid dienone is 1. The topological polar surface area (TPSA) is 12.4 Å². The maximum Gasteiger partial charge on any atom is 0.148 e. The summed E-state index contributed by atoms with van der Waals surface area (Å²) in [6, 6.07) is 19.7. The quantitative estimate of drug-likeness (QED) is 0.338. The van der Waals surface area contributed by atoms with E-state index in [0.717, 1.165) is 10.5 Å². The Balaban J connectivity index is 1.90. The first kappa shape index (κ1) is 18.4. The van der Waals surface area contributed by atoms with Crippen LogP contribution in [0, 0.1) is 11.6 Å². The fourth-order valence-corrected chi connectivity index (χ4v) is 2.95. The lowest BCUT2D eigenvalue weighted by molar-refractivity contribution is 0.626. The lowest BCUT2D eigenvalue weighted by Crippen LogP contribution is -1.96. The molecule has 0 fully saturated rings. The summed E-state index contributed by atoms with van der Waals surface area (Å²) in [5.41, 5.74) is 1.67. The van der Waals surface area contributed by atoms with Gasteiger partial charge in [-0.3, -0.25) is 0 Å². The van der Waals surface area contributed by atoms with Gasteiger partial charge in [-0.1, -0.05) is 47.6 Å². The number of halogens is 3. The van der Waals surface area contributed by atoms with Gasteiger partial charge >= 0.3 is 0 Å². The Morgan fingerprint density at radius 3 is 2.27 bits per heavy atom. The van der Waals surface area contributed by atoms with Crippen LogP contribution in [0.2, 0.25) is 5.02 Å². The Labute approximate surface area is 160 Å². The van der Waals surface area contributed by atoms with Crippen LogP contribution in [0.4, 0.5) is 14.5 Å². The molecule has 0 unspecified atom stereocenters. The highest BCUT2D eigenvalue weighted by molar-refractivity contribution is 8.02. The van der Waals surface area contributed by atoms with Gasteiger partial charge in [0.05, 0.1) is 11.4 Å². The molecule has 0 bridgehead atoms. The molecule has 0 aromatic heterocycles. The van der Waals surface area contributed by atoms with Gasteiger partial charge in [-0.15, -0.1) is 0 Å². The van der Waals surface area contributed by atoms with Crippen LogP contribution in [0.25, 0.3) is 0 Å². The zero-order chi connectivity index (χ0) is 18.4. The van der Waals surface area contributed by atoms with Crippen molar-refractivity contribution in [2.75, 3.05) is 0 Å². The standard InChI is InChI=1S/C21H14ClF2NS/c22-16-7-5-15(6-8-16)20(25-21-4-2-1-3-19(21)24)13-14-26-18-11-9-17(23)10-12-18/h1-14H. The average Bonchev–Trinajstić information content (AvgIpc) is 2.65. The van der Waals surface area contributed by atoms with Gasteiger partial charge in [-0.25, -0.2) is 13.8 Å². The lowest BCUT2D eigenvalue weighted by atomic mass is 10.1. The normalized spacial score (nSPS) is 11.9. The fraction of sp³-hybridized carbons (Fsp3) is 0. The number of benzene rings is 3. The average molecular weight is 386 g/mol. The second-order valence-electron chi connectivity index (χ2n) is 5.33. The number of rotatable bonds is 5. The third kappa shape index (κ3) is 5.04. The second kappa shape index (κ2) is 8.79. The van der Waals surface area contributed by atoms with Crippen molar-refractivity contribution in [3.8, 4) is 0 Å². The molecule has 0 saturated heterocycles. The number of thioether (sulfide) groups is 1. The first-order valence-electron chi connectivity index (χ1n) is 7.80. The van der Waals surface area contributed by atoms with E-state index < -0.39 is 5.82 Å². The van der Waals surface area contributed by atoms with E-state index in [2.05, 4.69) is 4.99 Å². The molecule has 0 saturated carbocycles. The number of hydrogen-bond donors (Lipinski definition) is 0. The van der Waals surface area contributed by atoms with Crippen molar-refractivity contribution < 1.29 is 8.78 Å². The largest absolute Gasteiger partial charge is 0.245 e. The van der Waals surface area contributed by atoms with E-state index in [0.29, 0.717) is 10.7 Å². The van der Waals surface area contributed by atoms with Gasteiger partial charge in [-0.05, 0) is 60.0 Å². The maximum absolute atomic E-state index is 14.0. The van der Waals surface area contributed by atoms with E-state index in [4.69, 9.17) is 11.6 Å². The summed E-state index contributed by atoms with van der Waals surface area (Å²) in [6.07, 6.45) is 1.80. The molecule has 3 rings (SSSR count). The van der Waals surface area contributed by atoms with Crippen LogP contribution in [0.3, 0.4) is 0 Å². The minimum atomic E-state index is -0.390. The number of nitrogens with zero attached hydrogens (tertiary/aromatic N) is 1. The molecule has 130 valence electrons. The summed E-state index contributed by atoms with van der Waals surface area (Å²) < 4.78 is 26.9. The highest BCUT2D eigenvalue weighted by Gasteiger charge is 2.04. The monoisotopic (exact) mass is 385 g/mol. The minimum absolute atomic E-state index is 0.258. The van der Waals surface area contributed by atoms with Gasteiger partial charge in [-0.2, -0.15) is 0 Å². The van der Waals surface area contributed by atoms with Crippen LogP contribution in [0.15, 0.2) is 94.2 Å². The Hall–Kier alpha value is -2.43. The van der Waals surface area contributed by atoms with Gasteiger partial charge < -0.3 is 0 Å². The molecule has 26 heavy (non-hydrogen) atoms. The zero-order valence-electron chi connectivity index (χ0n) is 13.6. The molecule has 0 atom stereocenters. The molecule has 0 N–H and O–H groups in total. The molecular formula is C21H14ClF2NS. The third-order valence-corrected chi connectivity index (χ3v) is 4.55. The van der Waals surface area contributed by atoms with Gasteiger partial charge in [0.15, 0.2) is 0 Å². The predicted molar refractivity (Wildman–Crippen MR) is 105 cm³/mol. The molecule has 3 aromatic carbocycles. The molecule has 1 nitrogen and oxygen atoms in total. The minimum Gasteiger partial charge on any atom is -0.245 e. The first-order valence-corrected chi connectivity index (χ1v) is 9.05. The molecule has 0 aliphatic rings. The highest BCUT2D eigenvalue weighted by Crippen LogP contribution is 2.22. The highest BCUT2D eigenvalue weighted by atomic mass is 35.5. The number of aliphatic imine (C=N–C) groups is 1. The fourth-order valence-electron chi connectivity index (χ4n) is 2.18. The van der Waals surface area contributed by atoms with Crippen molar-refractivity contribution in [1.29, 1.82) is 0 Å². The molecule has 3 aromatic rings. The Kier molecular flexibility index (Phi) is 6.21. The molecule has 0 heterocycles. The van der Waals surface area contributed by atoms with Crippen molar-refractivity contribution in [3.05, 3.63) is 107 Å². The second-order valence-corrected chi connectivity index (χ2v) is 6.75. The van der Waals surface area contributed by atoms with E-state index in [1.54, 1.807) is 48.5 Å². The van der Waals surface area contributed by atoms with E-state index in [-0.39, 0.29) is 11.5 Å². The molecule has 5 heteroatoms. The summed E-state index contributed by atoms with van der Waals surface area (Å²) in [4.78, 5) is 5.33. The molecule has 0 aliphatic carbocycles. The molecule has 0 amide bonds. The van der Waals surface area contributed by atoms with Crippen molar-refractivity contribution >= 4 is 34.8 Å². The number of hydrogen-bond acceptors (Lipinski definition) is 2. The zero-order valence-corrected chi connectivity index (χ0v) is 15.1. The van der Waals surface area contributed by atoms with Crippen LogP contribution in [-0.2, 0) is 0 Å². The van der Waals surface area contributed by atoms with E-state index in [1.165, 1.54) is 30.0 Å². The Bertz CT molecular complexity index is 935. The predicted octanol–water partition coefficient (Wildman–Crippen LogP) is 7.05. The molecule has 0 spiro atoms. The van der Waals surface area contributed by atoms with Crippen LogP contribution in [0.1, 0.15) is 5.56 Å². The van der Waals surface area contributed by atoms with Crippen LogP contribution in [0.5, 0.6) is 0 Å². The SMILES string of the molecule is Fc1ccc(SC=CC(=Nc2ccccc2F)c2ccc(Cl)cc2)cc1. The van der Waals surface area contributed by atoms with Crippen molar-refractivity contribution in [3.63, 3.8) is 0 Å². The van der Waals surface area contributed by atoms with E-state index in [9.17, 15) is 8.78 Å². The Morgan fingerprint density at radius 1 is 0.885 bits per heavy atom. The lowest BCUT2D eigenvalue weighted by Gasteiger charge is -2.04.